The molecule has 0 aromatic carbocycles. The van der Waals surface area contributed by atoms with Crippen molar-refractivity contribution >= 4 is 38.8 Å². The van der Waals surface area contributed by atoms with Crippen LogP contribution >= 0.6 is 27.3 Å². The number of rotatable bonds is 3. The number of fused-ring (bicyclic) bond motifs is 1. The Morgan fingerprint density at radius 2 is 2.35 bits per heavy atom. The fraction of sp³-hybridized carbons (Fsp3) is 0.143. The Hall–Kier alpha value is -1.66. The SMILES string of the molecule is Cc1cc(Br)cn2cc(CNC(=O)c3cccs3)nc12. The standard InChI is InChI=1S/C14H12BrN3OS/c1-9-5-10(15)7-18-8-11(17-13(9)18)6-16-14(19)12-3-2-4-20-12/h2-5,7-8H,6H2,1H3,(H,16,19). The number of thiophene rings is 1. The van der Waals surface area contributed by atoms with Crippen molar-refractivity contribution in [3.63, 3.8) is 0 Å². The van der Waals surface area contributed by atoms with Crippen molar-refractivity contribution in [3.05, 3.63) is 56.6 Å². The number of hydrogen-bond donors (Lipinski definition) is 1. The third-order valence-electron chi connectivity index (χ3n) is 2.93. The molecule has 0 unspecified atom stereocenters. The van der Waals surface area contributed by atoms with Crippen molar-refractivity contribution in [2.75, 3.05) is 0 Å². The Balaban J connectivity index is 1.78. The molecule has 3 aromatic heterocycles. The van der Waals surface area contributed by atoms with E-state index in [9.17, 15) is 4.79 Å². The lowest BCUT2D eigenvalue weighted by atomic mass is 10.3. The van der Waals surface area contributed by atoms with Crippen LogP contribution in [0.2, 0.25) is 0 Å². The van der Waals surface area contributed by atoms with Crippen LogP contribution < -0.4 is 5.32 Å². The molecule has 0 saturated carbocycles. The largest absolute Gasteiger partial charge is 0.346 e. The number of hydrogen-bond acceptors (Lipinski definition) is 3. The van der Waals surface area contributed by atoms with E-state index in [1.807, 2.05) is 47.3 Å². The molecule has 3 aromatic rings. The Labute approximate surface area is 128 Å². The first-order valence-electron chi connectivity index (χ1n) is 6.09. The van der Waals surface area contributed by atoms with Gasteiger partial charge in [0.15, 0.2) is 0 Å². The molecule has 3 heterocycles. The van der Waals surface area contributed by atoms with E-state index in [2.05, 4.69) is 26.2 Å². The van der Waals surface area contributed by atoms with E-state index in [0.29, 0.717) is 11.4 Å². The van der Waals surface area contributed by atoms with Crippen LogP contribution in [-0.2, 0) is 6.54 Å². The van der Waals surface area contributed by atoms with Crippen LogP contribution in [0.5, 0.6) is 0 Å². The third-order valence-corrected chi connectivity index (χ3v) is 4.23. The second-order valence-electron chi connectivity index (χ2n) is 4.46. The second kappa shape index (κ2) is 5.38. The van der Waals surface area contributed by atoms with Gasteiger partial charge in [0.05, 0.1) is 17.1 Å². The number of halogens is 1. The van der Waals surface area contributed by atoms with Gasteiger partial charge in [-0.05, 0) is 45.9 Å². The highest BCUT2D eigenvalue weighted by molar-refractivity contribution is 9.10. The van der Waals surface area contributed by atoms with Gasteiger partial charge in [0.1, 0.15) is 5.65 Å². The molecule has 3 rings (SSSR count). The molecule has 0 aliphatic carbocycles. The monoisotopic (exact) mass is 349 g/mol. The molecule has 0 bridgehead atoms. The van der Waals surface area contributed by atoms with Crippen molar-refractivity contribution in [1.82, 2.24) is 14.7 Å². The summed E-state index contributed by atoms with van der Waals surface area (Å²) in [5.41, 5.74) is 2.85. The minimum atomic E-state index is -0.0602. The van der Waals surface area contributed by atoms with Gasteiger partial charge in [0.2, 0.25) is 0 Å². The predicted octanol–water partition coefficient (Wildman–Crippen LogP) is 3.40. The van der Waals surface area contributed by atoms with Gasteiger partial charge in [-0.1, -0.05) is 6.07 Å². The number of imidazole rings is 1. The maximum atomic E-state index is 11.9. The van der Waals surface area contributed by atoms with Gasteiger partial charge in [0, 0.05) is 16.9 Å². The molecule has 0 spiro atoms. The zero-order valence-electron chi connectivity index (χ0n) is 10.8. The quantitative estimate of drug-likeness (QED) is 0.787. The predicted molar refractivity (Wildman–Crippen MR) is 83.1 cm³/mol. The Morgan fingerprint density at radius 1 is 1.50 bits per heavy atom. The molecule has 1 N–H and O–H groups in total. The molecule has 0 radical (unpaired) electrons. The first-order chi connectivity index (χ1) is 9.63. The highest BCUT2D eigenvalue weighted by atomic mass is 79.9. The van der Waals surface area contributed by atoms with Crippen molar-refractivity contribution in [1.29, 1.82) is 0 Å². The van der Waals surface area contributed by atoms with Gasteiger partial charge in [-0.2, -0.15) is 0 Å². The Morgan fingerprint density at radius 3 is 3.10 bits per heavy atom. The average Bonchev–Trinajstić information content (AvgIpc) is 3.04. The number of carbonyl (C=O) groups excluding carboxylic acids is 1. The minimum absolute atomic E-state index is 0.0602. The summed E-state index contributed by atoms with van der Waals surface area (Å²) in [6, 6.07) is 5.70. The molecule has 0 saturated heterocycles. The summed E-state index contributed by atoms with van der Waals surface area (Å²) in [5, 5.41) is 4.77. The van der Waals surface area contributed by atoms with E-state index >= 15 is 0 Å². The Kier molecular flexibility index (Phi) is 3.58. The molecule has 0 aliphatic rings. The molecule has 4 nitrogen and oxygen atoms in total. The van der Waals surface area contributed by atoms with Gasteiger partial charge >= 0.3 is 0 Å². The van der Waals surface area contributed by atoms with Crippen LogP contribution in [0, 0.1) is 6.92 Å². The first-order valence-corrected chi connectivity index (χ1v) is 7.76. The van der Waals surface area contributed by atoms with Crippen LogP contribution in [-0.4, -0.2) is 15.3 Å². The molecule has 0 atom stereocenters. The highest BCUT2D eigenvalue weighted by Gasteiger charge is 2.09. The maximum absolute atomic E-state index is 11.9. The summed E-state index contributed by atoms with van der Waals surface area (Å²) in [5.74, 6) is -0.0602. The summed E-state index contributed by atoms with van der Waals surface area (Å²) in [6.45, 7) is 2.44. The molecule has 6 heteroatoms. The lowest BCUT2D eigenvalue weighted by Gasteiger charge is -1.99. The lowest BCUT2D eigenvalue weighted by Crippen LogP contribution is -2.21. The number of pyridine rings is 1. The number of amides is 1. The van der Waals surface area contributed by atoms with Gasteiger partial charge in [-0.3, -0.25) is 4.79 Å². The second-order valence-corrected chi connectivity index (χ2v) is 6.33. The summed E-state index contributed by atoms with van der Waals surface area (Å²) < 4.78 is 2.97. The van der Waals surface area contributed by atoms with E-state index in [1.165, 1.54) is 11.3 Å². The smallest absolute Gasteiger partial charge is 0.261 e. The van der Waals surface area contributed by atoms with Crippen LogP contribution in [0.1, 0.15) is 20.9 Å². The van der Waals surface area contributed by atoms with Crippen molar-refractivity contribution < 1.29 is 4.79 Å². The van der Waals surface area contributed by atoms with Crippen molar-refractivity contribution in [2.24, 2.45) is 0 Å². The summed E-state index contributed by atoms with van der Waals surface area (Å²) in [4.78, 5) is 17.1. The zero-order chi connectivity index (χ0) is 14.1. The van der Waals surface area contributed by atoms with Crippen LogP contribution in [0.15, 0.2) is 40.4 Å². The van der Waals surface area contributed by atoms with Gasteiger partial charge in [-0.25, -0.2) is 4.98 Å². The molecule has 0 aliphatic heterocycles. The molecule has 0 fully saturated rings. The normalized spacial score (nSPS) is 10.9. The molecular weight excluding hydrogens is 338 g/mol. The van der Waals surface area contributed by atoms with E-state index in [0.717, 1.165) is 21.4 Å². The van der Waals surface area contributed by atoms with E-state index in [4.69, 9.17) is 0 Å². The van der Waals surface area contributed by atoms with Crippen LogP contribution in [0.25, 0.3) is 5.65 Å². The highest BCUT2D eigenvalue weighted by Crippen LogP contribution is 2.17. The van der Waals surface area contributed by atoms with Crippen molar-refractivity contribution in [2.45, 2.75) is 13.5 Å². The van der Waals surface area contributed by atoms with Crippen molar-refractivity contribution in [3.8, 4) is 0 Å². The third kappa shape index (κ3) is 2.62. The average molecular weight is 350 g/mol. The van der Waals surface area contributed by atoms with Gasteiger partial charge in [0.25, 0.3) is 5.91 Å². The fourth-order valence-electron chi connectivity index (χ4n) is 2.03. The van der Waals surface area contributed by atoms with Gasteiger partial charge in [-0.15, -0.1) is 11.3 Å². The molecule has 102 valence electrons. The number of aromatic nitrogens is 2. The molecule has 20 heavy (non-hydrogen) atoms. The topological polar surface area (TPSA) is 46.4 Å². The van der Waals surface area contributed by atoms with E-state index in [-0.39, 0.29) is 5.91 Å². The molecular formula is C14H12BrN3OS. The van der Waals surface area contributed by atoms with Crippen LogP contribution in [0.4, 0.5) is 0 Å². The number of aryl methyl sites for hydroxylation is 1. The van der Waals surface area contributed by atoms with E-state index in [1.54, 1.807) is 0 Å². The van der Waals surface area contributed by atoms with Gasteiger partial charge < -0.3 is 9.72 Å². The minimum Gasteiger partial charge on any atom is -0.346 e. The number of nitrogens with zero attached hydrogens (tertiary/aromatic N) is 2. The van der Waals surface area contributed by atoms with E-state index < -0.39 is 0 Å². The number of carbonyl (C=O) groups is 1. The number of nitrogens with one attached hydrogen (secondary N) is 1. The lowest BCUT2D eigenvalue weighted by molar-refractivity contribution is 0.0954. The summed E-state index contributed by atoms with van der Waals surface area (Å²) in [6.07, 6.45) is 3.89. The zero-order valence-corrected chi connectivity index (χ0v) is 13.2. The fourth-order valence-corrected chi connectivity index (χ4v) is 3.23. The summed E-state index contributed by atoms with van der Waals surface area (Å²) in [7, 11) is 0. The summed E-state index contributed by atoms with van der Waals surface area (Å²) >= 11 is 4.90. The van der Waals surface area contributed by atoms with Crippen LogP contribution in [0.3, 0.4) is 0 Å². The first kappa shape index (κ1) is 13.3. The Bertz CT molecular complexity index is 764. The maximum Gasteiger partial charge on any atom is 0.261 e. The molecule has 1 amide bonds.